The maximum atomic E-state index is 12.9. The zero-order valence-electron chi connectivity index (χ0n) is 14.3. The molecule has 0 aromatic heterocycles. The lowest BCUT2D eigenvalue weighted by molar-refractivity contribution is 0.0300. The maximum Gasteiger partial charge on any atom is 0.258 e. The van der Waals surface area contributed by atoms with Gasteiger partial charge in [0.15, 0.2) is 0 Å². The third-order valence-electron chi connectivity index (χ3n) is 4.97. The van der Waals surface area contributed by atoms with Gasteiger partial charge in [-0.05, 0) is 44.7 Å². The van der Waals surface area contributed by atoms with E-state index >= 15 is 0 Å². The summed E-state index contributed by atoms with van der Waals surface area (Å²) >= 11 is 0. The summed E-state index contributed by atoms with van der Waals surface area (Å²) in [5, 5.41) is 21.2. The van der Waals surface area contributed by atoms with Gasteiger partial charge in [-0.1, -0.05) is 11.6 Å². The zero-order valence-corrected chi connectivity index (χ0v) is 14.3. The predicted octanol–water partition coefficient (Wildman–Crippen LogP) is 3.09. The number of phenolic OH excluding ortho intramolecular Hbond substituents is 2. The first-order valence-corrected chi connectivity index (χ1v) is 8.58. The molecule has 1 unspecified atom stereocenters. The van der Waals surface area contributed by atoms with Gasteiger partial charge in [0.1, 0.15) is 11.5 Å². The van der Waals surface area contributed by atoms with Crippen molar-refractivity contribution in [3.63, 3.8) is 0 Å². The lowest BCUT2D eigenvalue weighted by Gasteiger charge is -2.29. The molecule has 3 rings (SSSR count). The van der Waals surface area contributed by atoms with Crippen LogP contribution in [0.3, 0.4) is 0 Å². The lowest BCUT2D eigenvalue weighted by Crippen LogP contribution is -2.41. The van der Waals surface area contributed by atoms with Gasteiger partial charge in [-0.3, -0.25) is 4.79 Å². The molecule has 1 aromatic rings. The highest BCUT2D eigenvalue weighted by atomic mass is 16.5. The molecule has 2 N–H and O–H groups in total. The Labute approximate surface area is 142 Å². The van der Waals surface area contributed by atoms with E-state index in [1.54, 1.807) is 17.9 Å². The van der Waals surface area contributed by atoms with Crippen LogP contribution in [-0.4, -0.2) is 47.3 Å². The number of ether oxygens (including phenoxy) is 1. The number of aromatic hydroxyl groups is 2. The number of phenols is 2. The molecule has 1 aliphatic heterocycles. The van der Waals surface area contributed by atoms with Crippen molar-refractivity contribution in [3.8, 4) is 11.5 Å². The number of carbonyl (C=O) groups is 1. The summed E-state index contributed by atoms with van der Waals surface area (Å²) in [5.41, 5.74) is 2.64. The second-order valence-electron chi connectivity index (χ2n) is 6.77. The van der Waals surface area contributed by atoms with E-state index in [4.69, 9.17) is 4.74 Å². The fourth-order valence-corrected chi connectivity index (χ4v) is 3.70. The summed E-state index contributed by atoms with van der Waals surface area (Å²) < 4.78 is 5.29. The molecule has 0 saturated carbocycles. The molecule has 0 spiro atoms. The van der Waals surface area contributed by atoms with Crippen molar-refractivity contribution in [2.24, 2.45) is 0 Å². The Kier molecular flexibility index (Phi) is 4.81. The standard InChI is InChI=1S/C19H25NO4/c1-12-4-3-5-14(10-12)17-15(21)11-13(2)16(18(17)22)19(23)20-6-8-24-9-7-20/h10-11,14,21-22H,3-9H2,1-2H3. The number of amides is 1. The molecule has 1 fully saturated rings. The van der Waals surface area contributed by atoms with E-state index in [1.165, 1.54) is 5.57 Å². The first-order chi connectivity index (χ1) is 11.5. The normalized spacial score (nSPS) is 21.5. The number of benzene rings is 1. The van der Waals surface area contributed by atoms with Crippen molar-refractivity contribution in [2.75, 3.05) is 26.3 Å². The van der Waals surface area contributed by atoms with E-state index in [-0.39, 0.29) is 23.3 Å². The lowest BCUT2D eigenvalue weighted by atomic mass is 9.83. The van der Waals surface area contributed by atoms with E-state index in [0.717, 1.165) is 19.3 Å². The average Bonchev–Trinajstić information content (AvgIpc) is 2.55. The molecule has 24 heavy (non-hydrogen) atoms. The summed E-state index contributed by atoms with van der Waals surface area (Å²) in [6.07, 6.45) is 5.03. The molecule has 5 heteroatoms. The van der Waals surface area contributed by atoms with Gasteiger partial charge in [-0.15, -0.1) is 0 Å². The highest BCUT2D eigenvalue weighted by Crippen LogP contribution is 2.43. The number of morpholine rings is 1. The van der Waals surface area contributed by atoms with Gasteiger partial charge < -0.3 is 19.8 Å². The van der Waals surface area contributed by atoms with Crippen LogP contribution in [0.4, 0.5) is 0 Å². The van der Waals surface area contributed by atoms with Gasteiger partial charge in [-0.2, -0.15) is 0 Å². The van der Waals surface area contributed by atoms with Crippen LogP contribution in [0.5, 0.6) is 11.5 Å². The Morgan fingerprint density at radius 2 is 1.96 bits per heavy atom. The minimum Gasteiger partial charge on any atom is -0.507 e. The second kappa shape index (κ2) is 6.85. The Balaban J connectivity index is 2.02. The van der Waals surface area contributed by atoms with Crippen molar-refractivity contribution in [1.82, 2.24) is 4.90 Å². The highest BCUT2D eigenvalue weighted by molar-refractivity contribution is 5.99. The molecule has 0 radical (unpaired) electrons. The number of aryl methyl sites for hydroxylation is 1. The summed E-state index contributed by atoms with van der Waals surface area (Å²) in [6.45, 7) is 5.89. The van der Waals surface area contributed by atoms with Crippen molar-refractivity contribution >= 4 is 5.91 Å². The Morgan fingerprint density at radius 3 is 2.62 bits per heavy atom. The number of hydrogen-bond acceptors (Lipinski definition) is 4. The quantitative estimate of drug-likeness (QED) is 0.817. The number of carbonyl (C=O) groups excluding carboxylic acids is 1. The SMILES string of the molecule is CC1=CC(c2c(O)cc(C)c(C(=O)N3CCOCC3)c2O)CCC1. The second-order valence-corrected chi connectivity index (χ2v) is 6.77. The van der Waals surface area contributed by atoms with Crippen LogP contribution >= 0.6 is 0 Å². The molecule has 1 amide bonds. The first-order valence-electron chi connectivity index (χ1n) is 8.58. The molecule has 130 valence electrons. The number of rotatable bonds is 2. The van der Waals surface area contributed by atoms with E-state index in [9.17, 15) is 15.0 Å². The van der Waals surface area contributed by atoms with Crippen LogP contribution < -0.4 is 0 Å². The van der Waals surface area contributed by atoms with E-state index in [2.05, 4.69) is 13.0 Å². The van der Waals surface area contributed by atoms with E-state index in [1.807, 2.05) is 0 Å². The third kappa shape index (κ3) is 3.13. The van der Waals surface area contributed by atoms with Gasteiger partial charge in [0.25, 0.3) is 5.91 Å². The van der Waals surface area contributed by atoms with Gasteiger partial charge in [0, 0.05) is 24.6 Å². The topological polar surface area (TPSA) is 70.0 Å². The largest absolute Gasteiger partial charge is 0.507 e. The van der Waals surface area contributed by atoms with Gasteiger partial charge in [0.05, 0.1) is 18.8 Å². The molecule has 1 saturated heterocycles. The smallest absolute Gasteiger partial charge is 0.258 e. The Bertz CT molecular complexity index is 674. The van der Waals surface area contributed by atoms with Crippen molar-refractivity contribution in [3.05, 3.63) is 34.4 Å². The van der Waals surface area contributed by atoms with Crippen LogP contribution in [0.2, 0.25) is 0 Å². The van der Waals surface area contributed by atoms with Crippen LogP contribution in [0.25, 0.3) is 0 Å². The summed E-state index contributed by atoms with van der Waals surface area (Å²) in [4.78, 5) is 14.6. The fourth-order valence-electron chi connectivity index (χ4n) is 3.70. The maximum absolute atomic E-state index is 12.9. The molecule has 1 aromatic carbocycles. The molecule has 5 nitrogen and oxygen atoms in total. The van der Waals surface area contributed by atoms with Gasteiger partial charge >= 0.3 is 0 Å². The van der Waals surface area contributed by atoms with E-state index < -0.39 is 0 Å². The Hall–Kier alpha value is -2.01. The average molecular weight is 331 g/mol. The monoisotopic (exact) mass is 331 g/mol. The molecular weight excluding hydrogens is 306 g/mol. The van der Waals surface area contributed by atoms with Crippen molar-refractivity contribution in [2.45, 2.75) is 39.0 Å². The van der Waals surface area contributed by atoms with Crippen LogP contribution in [0.15, 0.2) is 17.7 Å². The Morgan fingerprint density at radius 1 is 1.25 bits per heavy atom. The van der Waals surface area contributed by atoms with Crippen LogP contribution in [0, 0.1) is 6.92 Å². The molecule has 0 bridgehead atoms. The van der Waals surface area contributed by atoms with Crippen LogP contribution in [-0.2, 0) is 4.74 Å². The summed E-state index contributed by atoms with van der Waals surface area (Å²) in [7, 11) is 0. The van der Waals surface area contributed by atoms with Crippen molar-refractivity contribution < 1.29 is 19.7 Å². The number of hydrogen-bond donors (Lipinski definition) is 2. The first kappa shape index (κ1) is 16.8. The van der Waals surface area contributed by atoms with Gasteiger partial charge in [-0.25, -0.2) is 0 Å². The van der Waals surface area contributed by atoms with Crippen molar-refractivity contribution in [1.29, 1.82) is 0 Å². The number of nitrogens with zero attached hydrogens (tertiary/aromatic N) is 1. The van der Waals surface area contributed by atoms with Crippen LogP contribution in [0.1, 0.15) is 53.6 Å². The molecule has 1 heterocycles. The van der Waals surface area contributed by atoms with E-state index in [0.29, 0.717) is 43.0 Å². The minimum absolute atomic E-state index is 0.0458. The third-order valence-corrected chi connectivity index (χ3v) is 4.97. The van der Waals surface area contributed by atoms with Gasteiger partial charge in [0.2, 0.25) is 0 Å². The molecule has 2 aliphatic rings. The fraction of sp³-hybridized carbons (Fsp3) is 0.526. The number of allylic oxidation sites excluding steroid dienone is 2. The zero-order chi connectivity index (χ0) is 17.3. The predicted molar refractivity (Wildman–Crippen MR) is 91.6 cm³/mol. The summed E-state index contributed by atoms with van der Waals surface area (Å²) in [6, 6.07) is 1.60. The minimum atomic E-state index is -0.189. The highest BCUT2D eigenvalue weighted by Gasteiger charge is 2.29. The molecule has 1 atom stereocenters. The summed E-state index contributed by atoms with van der Waals surface area (Å²) in [5.74, 6) is -0.235. The molecule has 1 aliphatic carbocycles. The molecular formula is C19H25NO4.